The maximum absolute atomic E-state index is 12.1. The highest BCUT2D eigenvalue weighted by Gasteiger charge is 2.46. The summed E-state index contributed by atoms with van der Waals surface area (Å²) in [5.74, 6) is -3.00. The van der Waals surface area contributed by atoms with Crippen molar-refractivity contribution < 1.29 is 24.2 Å². The van der Waals surface area contributed by atoms with E-state index < -0.39 is 23.5 Å². The van der Waals surface area contributed by atoms with Crippen LogP contribution in [0.5, 0.6) is 0 Å². The average Bonchev–Trinajstić information content (AvgIpc) is 2.39. The molecule has 1 unspecified atom stereocenters. The van der Waals surface area contributed by atoms with Gasteiger partial charge in [-0.25, -0.2) is 0 Å². The highest BCUT2D eigenvalue weighted by Crippen LogP contribution is 2.32. The molecule has 21 heavy (non-hydrogen) atoms. The van der Waals surface area contributed by atoms with Gasteiger partial charge in [0.25, 0.3) is 0 Å². The van der Waals surface area contributed by atoms with Gasteiger partial charge in [-0.3, -0.25) is 9.59 Å². The van der Waals surface area contributed by atoms with Crippen LogP contribution >= 0.6 is 22.6 Å². The SMILES string of the molecule is CCOC(=O)C(C(=O)OCC)C(C)(O)c1ccc(I)cc1. The first-order valence-electron chi connectivity index (χ1n) is 6.66. The molecular weight excluding hydrogens is 387 g/mol. The summed E-state index contributed by atoms with van der Waals surface area (Å²) in [6.45, 7) is 4.93. The van der Waals surface area contributed by atoms with Crippen molar-refractivity contribution in [2.45, 2.75) is 26.4 Å². The van der Waals surface area contributed by atoms with E-state index in [0.29, 0.717) is 5.56 Å². The second kappa shape index (κ2) is 7.74. The van der Waals surface area contributed by atoms with Crippen molar-refractivity contribution in [2.75, 3.05) is 13.2 Å². The molecule has 0 saturated carbocycles. The van der Waals surface area contributed by atoms with E-state index in [0.717, 1.165) is 3.57 Å². The lowest BCUT2D eigenvalue weighted by Gasteiger charge is -2.30. The lowest BCUT2D eigenvalue weighted by molar-refractivity contribution is -0.174. The zero-order chi connectivity index (χ0) is 16.0. The Balaban J connectivity index is 3.18. The summed E-state index contributed by atoms with van der Waals surface area (Å²) in [7, 11) is 0. The zero-order valence-electron chi connectivity index (χ0n) is 12.3. The maximum atomic E-state index is 12.1. The van der Waals surface area contributed by atoms with Gasteiger partial charge >= 0.3 is 11.9 Å². The molecule has 0 fully saturated rings. The Labute approximate surface area is 137 Å². The number of rotatable bonds is 6. The van der Waals surface area contributed by atoms with Crippen LogP contribution < -0.4 is 0 Å². The predicted molar refractivity (Wildman–Crippen MR) is 85.5 cm³/mol. The van der Waals surface area contributed by atoms with E-state index in [-0.39, 0.29) is 13.2 Å². The van der Waals surface area contributed by atoms with Gasteiger partial charge in [-0.2, -0.15) is 0 Å². The minimum Gasteiger partial charge on any atom is -0.465 e. The zero-order valence-corrected chi connectivity index (χ0v) is 14.4. The normalized spacial score (nSPS) is 13.6. The third-order valence-corrected chi connectivity index (χ3v) is 3.75. The molecule has 0 bridgehead atoms. The number of hydrogen-bond donors (Lipinski definition) is 1. The number of halogens is 1. The molecule has 1 atom stereocenters. The van der Waals surface area contributed by atoms with E-state index in [1.165, 1.54) is 6.92 Å². The van der Waals surface area contributed by atoms with Crippen LogP contribution in [0.25, 0.3) is 0 Å². The van der Waals surface area contributed by atoms with Crippen LogP contribution in [0.4, 0.5) is 0 Å². The first-order chi connectivity index (χ1) is 9.84. The van der Waals surface area contributed by atoms with Crippen LogP contribution in [0.3, 0.4) is 0 Å². The highest BCUT2D eigenvalue weighted by atomic mass is 127. The van der Waals surface area contributed by atoms with Gasteiger partial charge in [0, 0.05) is 3.57 Å². The second-order valence-corrected chi connectivity index (χ2v) is 5.84. The summed E-state index contributed by atoms with van der Waals surface area (Å²) in [4.78, 5) is 24.1. The van der Waals surface area contributed by atoms with Crippen LogP contribution in [0, 0.1) is 9.49 Å². The van der Waals surface area contributed by atoms with Crippen LogP contribution in [0.1, 0.15) is 26.3 Å². The fourth-order valence-corrected chi connectivity index (χ4v) is 2.32. The van der Waals surface area contributed by atoms with Gasteiger partial charge in [-0.1, -0.05) is 12.1 Å². The summed E-state index contributed by atoms with van der Waals surface area (Å²) in [6.07, 6.45) is 0. The minimum absolute atomic E-state index is 0.123. The standard InChI is InChI=1S/C15H19IO5/c1-4-20-13(17)12(14(18)21-5-2)15(3,19)10-6-8-11(16)9-7-10/h6-9,12,19H,4-5H2,1-3H3. The van der Waals surface area contributed by atoms with E-state index in [2.05, 4.69) is 22.6 Å². The van der Waals surface area contributed by atoms with Gasteiger partial charge < -0.3 is 14.6 Å². The smallest absolute Gasteiger partial charge is 0.323 e. The Hall–Kier alpha value is -1.15. The van der Waals surface area contributed by atoms with Crippen molar-refractivity contribution in [3.05, 3.63) is 33.4 Å². The van der Waals surface area contributed by atoms with Gasteiger partial charge in [0.2, 0.25) is 0 Å². The first kappa shape index (κ1) is 17.9. The number of esters is 2. The Morgan fingerprint density at radius 2 is 1.57 bits per heavy atom. The number of carbonyl (C=O) groups is 2. The Morgan fingerprint density at radius 3 is 1.95 bits per heavy atom. The molecule has 0 aliphatic heterocycles. The molecule has 1 rings (SSSR count). The molecule has 0 saturated heterocycles. The van der Waals surface area contributed by atoms with Crippen LogP contribution in [-0.2, 0) is 24.7 Å². The van der Waals surface area contributed by atoms with Crippen LogP contribution in [0.2, 0.25) is 0 Å². The van der Waals surface area contributed by atoms with E-state index in [4.69, 9.17) is 9.47 Å². The maximum Gasteiger partial charge on any atom is 0.323 e. The van der Waals surface area contributed by atoms with E-state index in [1.54, 1.807) is 38.1 Å². The molecule has 0 aromatic heterocycles. The van der Waals surface area contributed by atoms with Gasteiger partial charge in [0.05, 0.1) is 13.2 Å². The van der Waals surface area contributed by atoms with E-state index >= 15 is 0 Å². The summed E-state index contributed by atoms with van der Waals surface area (Å²) >= 11 is 2.13. The molecule has 0 heterocycles. The van der Waals surface area contributed by atoms with Crippen molar-refractivity contribution in [3.8, 4) is 0 Å². The van der Waals surface area contributed by atoms with Gasteiger partial charge in [-0.05, 0) is 61.1 Å². The van der Waals surface area contributed by atoms with E-state index in [1.807, 2.05) is 0 Å². The fraction of sp³-hybridized carbons (Fsp3) is 0.467. The molecule has 6 heteroatoms. The minimum atomic E-state index is -1.71. The van der Waals surface area contributed by atoms with Gasteiger partial charge in [0.15, 0.2) is 5.92 Å². The van der Waals surface area contributed by atoms with Crippen molar-refractivity contribution in [3.63, 3.8) is 0 Å². The van der Waals surface area contributed by atoms with Crippen LogP contribution in [0.15, 0.2) is 24.3 Å². The average molecular weight is 406 g/mol. The molecular formula is C15H19IO5. The van der Waals surface area contributed by atoms with Crippen molar-refractivity contribution in [2.24, 2.45) is 5.92 Å². The summed E-state index contributed by atoms with van der Waals surface area (Å²) in [6, 6.07) is 6.93. The monoisotopic (exact) mass is 406 g/mol. The third-order valence-electron chi connectivity index (χ3n) is 3.04. The topological polar surface area (TPSA) is 72.8 Å². The number of aliphatic hydroxyl groups is 1. The molecule has 0 spiro atoms. The molecule has 116 valence electrons. The lowest BCUT2D eigenvalue weighted by atomic mass is 9.82. The number of carbonyl (C=O) groups excluding carboxylic acids is 2. The number of ether oxygens (including phenoxy) is 2. The van der Waals surface area contributed by atoms with Gasteiger partial charge in [0.1, 0.15) is 5.60 Å². The summed E-state index contributed by atoms with van der Waals surface area (Å²) in [5.41, 5.74) is -1.25. The van der Waals surface area contributed by atoms with Crippen molar-refractivity contribution in [1.82, 2.24) is 0 Å². The molecule has 1 aromatic rings. The largest absolute Gasteiger partial charge is 0.465 e. The third kappa shape index (κ3) is 4.41. The first-order valence-corrected chi connectivity index (χ1v) is 7.74. The summed E-state index contributed by atoms with van der Waals surface area (Å²) < 4.78 is 10.8. The van der Waals surface area contributed by atoms with Gasteiger partial charge in [-0.15, -0.1) is 0 Å². The molecule has 0 radical (unpaired) electrons. The lowest BCUT2D eigenvalue weighted by Crippen LogP contribution is -2.44. The molecule has 5 nitrogen and oxygen atoms in total. The van der Waals surface area contributed by atoms with Crippen molar-refractivity contribution >= 4 is 34.5 Å². The number of hydrogen-bond acceptors (Lipinski definition) is 5. The quantitative estimate of drug-likeness (QED) is 0.446. The fourth-order valence-electron chi connectivity index (χ4n) is 1.96. The van der Waals surface area contributed by atoms with Crippen LogP contribution in [-0.4, -0.2) is 30.3 Å². The second-order valence-electron chi connectivity index (χ2n) is 4.59. The summed E-state index contributed by atoms with van der Waals surface area (Å²) in [5, 5.41) is 10.7. The predicted octanol–water partition coefficient (Wildman–Crippen LogP) is 2.24. The molecule has 1 N–H and O–H groups in total. The Bertz CT molecular complexity index is 477. The molecule has 0 aliphatic rings. The number of benzene rings is 1. The Kier molecular flexibility index (Phi) is 6.60. The molecule has 0 amide bonds. The van der Waals surface area contributed by atoms with Crippen molar-refractivity contribution in [1.29, 1.82) is 0 Å². The molecule has 1 aromatic carbocycles. The molecule has 0 aliphatic carbocycles. The highest BCUT2D eigenvalue weighted by molar-refractivity contribution is 14.1. The Morgan fingerprint density at radius 1 is 1.14 bits per heavy atom. The van der Waals surface area contributed by atoms with E-state index in [9.17, 15) is 14.7 Å².